The quantitative estimate of drug-likeness (QED) is 0.362. The maximum absolute atomic E-state index is 10.9. The average molecular weight is 255 g/mol. The fraction of sp³-hybridized carbons (Fsp3) is 0.333. The second kappa shape index (κ2) is 6.25. The third kappa shape index (κ3) is 3.46. The summed E-state index contributed by atoms with van der Waals surface area (Å²) in [5.74, 6) is 0. The number of benzene rings is 1. The summed E-state index contributed by atoms with van der Waals surface area (Å²) in [6, 6.07) is 2.97. The van der Waals surface area contributed by atoms with Gasteiger partial charge in [-0.15, -0.1) is 6.58 Å². The van der Waals surface area contributed by atoms with Crippen molar-refractivity contribution in [3.05, 3.63) is 45.5 Å². The van der Waals surface area contributed by atoms with Gasteiger partial charge in [0.1, 0.15) is 5.69 Å². The molecule has 0 amide bonds. The minimum Gasteiger partial charge on any atom is -0.379 e. The van der Waals surface area contributed by atoms with E-state index in [0.717, 1.165) is 12.8 Å². The van der Waals surface area contributed by atoms with Crippen LogP contribution in [0.15, 0.2) is 24.8 Å². The van der Waals surface area contributed by atoms with Crippen LogP contribution in [0.3, 0.4) is 0 Å². The molecule has 92 valence electrons. The smallest absolute Gasteiger partial charge is 0.292 e. The highest BCUT2D eigenvalue weighted by atomic mass is 35.5. The lowest BCUT2D eigenvalue weighted by molar-refractivity contribution is -0.384. The monoisotopic (exact) mass is 254 g/mol. The summed E-state index contributed by atoms with van der Waals surface area (Å²) in [5, 5.41) is 14.5. The molecule has 0 radical (unpaired) electrons. The van der Waals surface area contributed by atoms with Gasteiger partial charge in [-0.25, -0.2) is 0 Å². The first-order valence-electron chi connectivity index (χ1n) is 5.36. The Morgan fingerprint density at radius 1 is 1.59 bits per heavy atom. The lowest BCUT2D eigenvalue weighted by Crippen LogP contribution is -2.06. The van der Waals surface area contributed by atoms with E-state index in [1.54, 1.807) is 13.0 Å². The van der Waals surface area contributed by atoms with Gasteiger partial charge in [-0.3, -0.25) is 10.1 Å². The van der Waals surface area contributed by atoms with Gasteiger partial charge in [0.2, 0.25) is 0 Å². The zero-order chi connectivity index (χ0) is 12.8. The molecule has 0 unspecified atom stereocenters. The molecule has 0 aliphatic heterocycles. The molecule has 1 rings (SSSR count). The van der Waals surface area contributed by atoms with Gasteiger partial charge in [0.15, 0.2) is 0 Å². The summed E-state index contributed by atoms with van der Waals surface area (Å²) in [7, 11) is 0. The van der Waals surface area contributed by atoms with Crippen LogP contribution in [-0.2, 0) is 0 Å². The second-order valence-corrected chi connectivity index (χ2v) is 4.09. The Morgan fingerprint density at radius 3 is 2.88 bits per heavy atom. The molecule has 0 aliphatic rings. The van der Waals surface area contributed by atoms with Gasteiger partial charge in [-0.1, -0.05) is 17.7 Å². The van der Waals surface area contributed by atoms with Crippen LogP contribution < -0.4 is 5.32 Å². The molecule has 0 aliphatic carbocycles. The van der Waals surface area contributed by atoms with Gasteiger partial charge in [0, 0.05) is 17.6 Å². The lowest BCUT2D eigenvalue weighted by Gasteiger charge is -2.10. The first kappa shape index (κ1) is 13.5. The van der Waals surface area contributed by atoms with Crippen molar-refractivity contribution in [1.29, 1.82) is 0 Å². The van der Waals surface area contributed by atoms with Crippen molar-refractivity contribution in [3.8, 4) is 0 Å². The van der Waals surface area contributed by atoms with Gasteiger partial charge >= 0.3 is 0 Å². The maximum atomic E-state index is 10.9. The largest absolute Gasteiger partial charge is 0.379 e. The minimum atomic E-state index is -0.404. The van der Waals surface area contributed by atoms with Gasteiger partial charge in [0.25, 0.3) is 5.69 Å². The lowest BCUT2D eigenvalue weighted by atomic mass is 10.1. The summed E-state index contributed by atoms with van der Waals surface area (Å²) in [6.45, 7) is 6.06. The predicted octanol–water partition coefficient (Wildman–Crippen LogP) is 3.93. The molecule has 0 spiro atoms. The molecule has 0 fully saturated rings. The number of nitrogens with zero attached hydrogens (tertiary/aromatic N) is 1. The van der Waals surface area contributed by atoms with Crippen LogP contribution in [0.2, 0.25) is 5.02 Å². The van der Waals surface area contributed by atoms with Crippen LogP contribution in [0.25, 0.3) is 0 Å². The van der Waals surface area contributed by atoms with Gasteiger partial charge in [-0.2, -0.15) is 0 Å². The van der Waals surface area contributed by atoms with Crippen molar-refractivity contribution < 1.29 is 4.92 Å². The van der Waals surface area contributed by atoms with Crippen LogP contribution in [0.5, 0.6) is 0 Å². The normalized spacial score (nSPS) is 10.0. The standard InChI is InChI=1S/C12H15ClN2O2/c1-3-4-5-8-14-12-9(2)10(13)6-7-11(12)15(16)17/h3,6-7,14H,1,4-5,8H2,2H3. The summed E-state index contributed by atoms with van der Waals surface area (Å²) >= 11 is 5.95. The Hall–Kier alpha value is -1.55. The molecule has 1 N–H and O–H groups in total. The van der Waals surface area contributed by atoms with Crippen LogP contribution >= 0.6 is 11.6 Å². The fourth-order valence-corrected chi connectivity index (χ4v) is 1.66. The molecule has 5 heteroatoms. The third-order valence-electron chi connectivity index (χ3n) is 2.46. The number of nitro groups is 1. The molecule has 1 aromatic carbocycles. The summed E-state index contributed by atoms with van der Waals surface area (Å²) in [4.78, 5) is 10.5. The molecular weight excluding hydrogens is 240 g/mol. The van der Waals surface area contributed by atoms with E-state index in [4.69, 9.17) is 11.6 Å². The zero-order valence-corrected chi connectivity index (χ0v) is 10.5. The minimum absolute atomic E-state index is 0.0607. The van der Waals surface area contributed by atoms with Gasteiger partial charge in [-0.05, 0) is 31.4 Å². The van der Waals surface area contributed by atoms with Gasteiger partial charge in [0.05, 0.1) is 4.92 Å². The van der Waals surface area contributed by atoms with E-state index in [-0.39, 0.29) is 5.69 Å². The Kier molecular flexibility index (Phi) is 4.97. The Bertz CT molecular complexity index is 433. The molecule has 0 heterocycles. The number of nitro benzene ring substituents is 1. The van der Waals surface area contributed by atoms with Crippen molar-refractivity contribution in [2.24, 2.45) is 0 Å². The van der Waals surface area contributed by atoms with Crippen LogP contribution in [0.1, 0.15) is 18.4 Å². The summed E-state index contributed by atoms with van der Waals surface area (Å²) in [5.41, 5.74) is 1.27. The average Bonchev–Trinajstić information content (AvgIpc) is 2.29. The number of hydrogen-bond donors (Lipinski definition) is 1. The Morgan fingerprint density at radius 2 is 2.29 bits per heavy atom. The van der Waals surface area contributed by atoms with E-state index in [9.17, 15) is 10.1 Å². The molecule has 0 atom stereocenters. The van der Waals surface area contributed by atoms with E-state index in [0.29, 0.717) is 22.8 Å². The van der Waals surface area contributed by atoms with Crippen molar-refractivity contribution >= 4 is 23.0 Å². The molecule has 0 saturated carbocycles. The topological polar surface area (TPSA) is 55.2 Å². The number of rotatable bonds is 6. The number of hydrogen-bond acceptors (Lipinski definition) is 3. The first-order chi connectivity index (χ1) is 8.07. The number of nitrogens with one attached hydrogen (secondary N) is 1. The van der Waals surface area contributed by atoms with Crippen molar-refractivity contribution in [2.45, 2.75) is 19.8 Å². The van der Waals surface area contributed by atoms with E-state index in [2.05, 4.69) is 11.9 Å². The summed E-state index contributed by atoms with van der Waals surface area (Å²) < 4.78 is 0. The molecule has 0 saturated heterocycles. The second-order valence-electron chi connectivity index (χ2n) is 3.68. The van der Waals surface area contributed by atoms with E-state index in [1.165, 1.54) is 6.07 Å². The molecule has 0 aromatic heterocycles. The highest BCUT2D eigenvalue weighted by molar-refractivity contribution is 6.31. The molecule has 17 heavy (non-hydrogen) atoms. The van der Waals surface area contributed by atoms with E-state index in [1.807, 2.05) is 6.08 Å². The zero-order valence-electron chi connectivity index (χ0n) is 9.70. The predicted molar refractivity (Wildman–Crippen MR) is 70.8 cm³/mol. The first-order valence-corrected chi connectivity index (χ1v) is 5.74. The number of anilines is 1. The van der Waals surface area contributed by atoms with Crippen LogP contribution in [0.4, 0.5) is 11.4 Å². The Balaban J connectivity index is 2.90. The molecule has 1 aromatic rings. The number of allylic oxidation sites excluding steroid dienone is 1. The highest BCUT2D eigenvalue weighted by Crippen LogP contribution is 2.32. The van der Waals surface area contributed by atoms with Crippen molar-refractivity contribution in [3.63, 3.8) is 0 Å². The van der Waals surface area contributed by atoms with E-state index >= 15 is 0 Å². The SMILES string of the molecule is C=CCCCNc1c([N+](=O)[O-])ccc(Cl)c1C. The van der Waals surface area contributed by atoms with Crippen molar-refractivity contribution in [2.75, 3.05) is 11.9 Å². The molecule has 0 bridgehead atoms. The molecule has 4 nitrogen and oxygen atoms in total. The van der Waals surface area contributed by atoms with E-state index < -0.39 is 4.92 Å². The van der Waals surface area contributed by atoms with Gasteiger partial charge < -0.3 is 5.32 Å². The highest BCUT2D eigenvalue weighted by Gasteiger charge is 2.17. The third-order valence-corrected chi connectivity index (χ3v) is 2.87. The fourth-order valence-electron chi connectivity index (χ4n) is 1.51. The number of halogens is 1. The molecular formula is C12H15ClN2O2. The summed E-state index contributed by atoms with van der Waals surface area (Å²) in [6.07, 6.45) is 3.58. The van der Waals surface area contributed by atoms with Crippen LogP contribution in [0, 0.1) is 17.0 Å². The van der Waals surface area contributed by atoms with Crippen molar-refractivity contribution in [1.82, 2.24) is 0 Å². The maximum Gasteiger partial charge on any atom is 0.292 e. The van der Waals surface area contributed by atoms with Crippen LogP contribution in [-0.4, -0.2) is 11.5 Å². The number of unbranched alkanes of at least 4 members (excludes halogenated alkanes) is 1. The Labute approximate surface area is 105 Å².